The maximum Gasteiger partial charge on any atom is 0.151 e. The van der Waals surface area contributed by atoms with Gasteiger partial charge in [0.25, 0.3) is 0 Å². The first kappa shape index (κ1) is 11.2. The summed E-state index contributed by atoms with van der Waals surface area (Å²) >= 11 is 0. The van der Waals surface area contributed by atoms with Crippen LogP contribution in [0.1, 0.15) is 48.2 Å². The first-order valence-corrected chi connectivity index (χ1v) is 5.89. The van der Waals surface area contributed by atoms with Crippen LogP contribution in [0.25, 0.3) is 0 Å². The zero-order valence-corrected chi connectivity index (χ0v) is 9.29. The van der Waals surface area contributed by atoms with Gasteiger partial charge in [-0.3, -0.25) is 9.78 Å². The van der Waals surface area contributed by atoms with Crippen molar-refractivity contribution in [1.82, 2.24) is 4.98 Å². The fraction of sp³-hybridized carbons (Fsp3) is 0.538. The zero-order chi connectivity index (χ0) is 11.4. The molecule has 16 heavy (non-hydrogen) atoms. The number of carbonyl (C=O) groups excluding carboxylic acids is 1. The van der Waals surface area contributed by atoms with Crippen molar-refractivity contribution in [3.63, 3.8) is 0 Å². The van der Waals surface area contributed by atoms with E-state index in [9.17, 15) is 9.18 Å². The van der Waals surface area contributed by atoms with Crippen molar-refractivity contribution in [2.24, 2.45) is 5.92 Å². The number of carbonyl (C=O) groups is 1. The Hall–Kier alpha value is -1.25. The van der Waals surface area contributed by atoms with Crippen LogP contribution in [0, 0.1) is 11.7 Å². The van der Waals surface area contributed by atoms with Gasteiger partial charge in [-0.2, -0.15) is 0 Å². The molecule has 0 spiro atoms. The summed E-state index contributed by atoms with van der Waals surface area (Å²) in [6, 6.07) is 1.28. The van der Waals surface area contributed by atoms with Gasteiger partial charge < -0.3 is 0 Å². The van der Waals surface area contributed by atoms with E-state index in [4.69, 9.17) is 0 Å². The third-order valence-electron chi connectivity index (χ3n) is 3.28. The van der Waals surface area contributed by atoms with Crippen LogP contribution in [0.4, 0.5) is 4.39 Å². The smallest absolute Gasteiger partial charge is 0.151 e. The lowest BCUT2D eigenvalue weighted by Crippen LogP contribution is -2.11. The summed E-state index contributed by atoms with van der Waals surface area (Å²) in [6.45, 7) is 0. The Morgan fingerprint density at radius 1 is 1.38 bits per heavy atom. The largest absolute Gasteiger partial charge is 0.298 e. The molecule has 86 valence electrons. The standard InChI is InChI=1S/C13H16FNO/c14-12-6-11(9-16)8-15-13(12)7-10-4-2-1-3-5-10/h6,8-10H,1-5,7H2. The molecule has 0 saturated heterocycles. The summed E-state index contributed by atoms with van der Waals surface area (Å²) in [5.41, 5.74) is 0.822. The zero-order valence-electron chi connectivity index (χ0n) is 9.29. The third-order valence-corrected chi connectivity index (χ3v) is 3.28. The second-order valence-corrected chi connectivity index (χ2v) is 4.52. The normalized spacial score (nSPS) is 17.3. The van der Waals surface area contributed by atoms with Crippen LogP contribution >= 0.6 is 0 Å². The highest BCUT2D eigenvalue weighted by Crippen LogP contribution is 2.26. The Morgan fingerprint density at radius 2 is 2.12 bits per heavy atom. The Kier molecular flexibility index (Phi) is 3.65. The van der Waals surface area contributed by atoms with Crippen molar-refractivity contribution in [3.8, 4) is 0 Å². The van der Waals surface area contributed by atoms with Crippen molar-refractivity contribution in [2.75, 3.05) is 0 Å². The quantitative estimate of drug-likeness (QED) is 0.734. The molecule has 1 aromatic rings. The molecule has 0 N–H and O–H groups in total. The van der Waals surface area contributed by atoms with Crippen molar-refractivity contribution in [3.05, 3.63) is 29.3 Å². The molecule has 2 rings (SSSR count). The lowest BCUT2D eigenvalue weighted by atomic mass is 9.86. The van der Waals surface area contributed by atoms with Gasteiger partial charge in [-0.15, -0.1) is 0 Å². The van der Waals surface area contributed by atoms with Crippen molar-refractivity contribution < 1.29 is 9.18 Å². The summed E-state index contributed by atoms with van der Waals surface area (Å²) in [4.78, 5) is 14.5. The second-order valence-electron chi connectivity index (χ2n) is 4.52. The topological polar surface area (TPSA) is 30.0 Å². The average molecular weight is 221 g/mol. The number of hydrogen-bond donors (Lipinski definition) is 0. The maximum atomic E-state index is 13.6. The fourth-order valence-corrected chi connectivity index (χ4v) is 2.36. The molecular weight excluding hydrogens is 205 g/mol. The molecule has 0 radical (unpaired) electrons. The van der Waals surface area contributed by atoms with Crippen LogP contribution in [0.15, 0.2) is 12.3 Å². The second kappa shape index (κ2) is 5.19. The van der Waals surface area contributed by atoms with Gasteiger partial charge in [0, 0.05) is 11.8 Å². The van der Waals surface area contributed by atoms with Gasteiger partial charge in [0.1, 0.15) is 5.82 Å². The molecule has 0 unspecified atom stereocenters. The highest BCUT2D eigenvalue weighted by atomic mass is 19.1. The number of halogens is 1. The molecule has 2 nitrogen and oxygen atoms in total. The van der Waals surface area contributed by atoms with Crippen molar-refractivity contribution >= 4 is 6.29 Å². The highest BCUT2D eigenvalue weighted by Gasteiger charge is 2.16. The minimum atomic E-state index is -0.338. The fourth-order valence-electron chi connectivity index (χ4n) is 2.36. The summed E-state index contributed by atoms with van der Waals surface area (Å²) in [6.07, 6.45) is 8.95. The molecule has 3 heteroatoms. The highest BCUT2D eigenvalue weighted by molar-refractivity contribution is 5.73. The van der Waals surface area contributed by atoms with Crippen LogP contribution in [-0.2, 0) is 6.42 Å². The molecule has 0 amide bonds. The van der Waals surface area contributed by atoms with Gasteiger partial charge in [-0.05, 0) is 18.4 Å². The molecule has 0 aromatic carbocycles. The molecule has 1 aliphatic carbocycles. The Bertz CT molecular complexity index is 372. The summed E-state index contributed by atoms with van der Waals surface area (Å²) in [7, 11) is 0. The lowest BCUT2D eigenvalue weighted by molar-refractivity contribution is 0.112. The molecule has 1 aliphatic rings. The van der Waals surface area contributed by atoms with Crippen LogP contribution in [-0.4, -0.2) is 11.3 Å². The van der Waals surface area contributed by atoms with Crippen molar-refractivity contribution in [2.45, 2.75) is 38.5 Å². The van der Waals surface area contributed by atoms with Crippen LogP contribution in [0.3, 0.4) is 0 Å². The molecule has 0 atom stereocenters. The molecule has 0 aliphatic heterocycles. The van der Waals surface area contributed by atoms with E-state index in [-0.39, 0.29) is 5.82 Å². The van der Waals surface area contributed by atoms with E-state index in [0.717, 1.165) is 0 Å². The monoisotopic (exact) mass is 221 g/mol. The summed E-state index contributed by atoms with van der Waals surface area (Å²) < 4.78 is 13.6. The van der Waals surface area contributed by atoms with Crippen molar-refractivity contribution in [1.29, 1.82) is 0 Å². The first-order chi connectivity index (χ1) is 7.79. The molecule has 1 saturated carbocycles. The van der Waals surface area contributed by atoms with E-state index in [0.29, 0.717) is 29.9 Å². The van der Waals surface area contributed by atoms with E-state index in [1.165, 1.54) is 44.4 Å². The van der Waals surface area contributed by atoms with E-state index in [2.05, 4.69) is 4.98 Å². The molecular formula is C13H16FNO. The van der Waals surface area contributed by atoms with Crippen LogP contribution in [0.5, 0.6) is 0 Å². The number of rotatable bonds is 3. The number of nitrogens with zero attached hydrogens (tertiary/aromatic N) is 1. The molecule has 0 bridgehead atoms. The summed E-state index contributed by atoms with van der Waals surface area (Å²) in [5, 5.41) is 0. The van der Waals surface area contributed by atoms with E-state index < -0.39 is 0 Å². The number of aromatic nitrogens is 1. The average Bonchev–Trinajstić information content (AvgIpc) is 2.33. The Labute approximate surface area is 94.9 Å². The van der Waals surface area contributed by atoms with E-state index in [1.807, 2.05) is 0 Å². The number of pyridine rings is 1. The first-order valence-electron chi connectivity index (χ1n) is 5.89. The van der Waals surface area contributed by atoms with Gasteiger partial charge in [0.05, 0.1) is 5.69 Å². The number of hydrogen-bond acceptors (Lipinski definition) is 2. The maximum absolute atomic E-state index is 13.6. The molecule has 1 aromatic heterocycles. The molecule has 1 fully saturated rings. The predicted octanol–water partition coefficient (Wildman–Crippen LogP) is 3.16. The minimum absolute atomic E-state index is 0.310. The van der Waals surface area contributed by atoms with Crippen LogP contribution in [0.2, 0.25) is 0 Å². The lowest BCUT2D eigenvalue weighted by Gasteiger charge is -2.21. The van der Waals surface area contributed by atoms with E-state index in [1.54, 1.807) is 0 Å². The third kappa shape index (κ3) is 2.65. The SMILES string of the molecule is O=Cc1cnc(CC2CCCCC2)c(F)c1. The van der Waals surface area contributed by atoms with Gasteiger partial charge in [-0.25, -0.2) is 4.39 Å². The summed E-state index contributed by atoms with van der Waals surface area (Å²) in [5.74, 6) is 0.230. The van der Waals surface area contributed by atoms with E-state index >= 15 is 0 Å². The van der Waals surface area contributed by atoms with Gasteiger partial charge >= 0.3 is 0 Å². The van der Waals surface area contributed by atoms with Gasteiger partial charge in [0.2, 0.25) is 0 Å². The van der Waals surface area contributed by atoms with Gasteiger partial charge in [-0.1, -0.05) is 32.1 Å². The Morgan fingerprint density at radius 3 is 2.75 bits per heavy atom. The Balaban J connectivity index is 2.05. The van der Waals surface area contributed by atoms with Crippen LogP contribution < -0.4 is 0 Å². The minimum Gasteiger partial charge on any atom is -0.298 e. The van der Waals surface area contributed by atoms with Gasteiger partial charge in [0.15, 0.2) is 6.29 Å². The number of aldehydes is 1. The predicted molar refractivity (Wildman–Crippen MR) is 59.9 cm³/mol. The molecule has 1 heterocycles.